The molecule has 0 heterocycles. The van der Waals surface area contributed by atoms with Crippen molar-refractivity contribution in [3.8, 4) is 0 Å². The largest absolute Gasteiger partial charge is 0.461 e. The van der Waals surface area contributed by atoms with Crippen LogP contribution in [0, 0.1) is 46.3 Å². The first-order valence-electron chi connectivity index (χ1n) is 16.3. The van der Waals surface area contributed by atoms with Crippen LogP contribution in [-0.2, 0) is 9.53 Å². The predicted molar refractivity (Wildman–Crippen MR) is 143 cm³/mol. The molecular weight excluding hydrogens is 721 g/mol. The van der Waals surface area contributed by atoms with Crippen LogP contribution in [-0.4, -0.2) is 76.7 Å². The molecule has 0 amide bonds. The SMILES string of the molecule is C[C@H](CCOC(=O)C(F)(F)C(F)(F)C(F)(F)C(F)(F)C(F)(F)C(F)(F)C(F)(F)F)[C@H]1CC[C@H]2[C@@H]3CC[C@@H]4C[C@H](O)CC[C@]4(C)[C@H]3C[C@H](O)[C@]12C. The highest BCUT2D eigenvalue weighted by atomic mass is 19.4. The summed E-state index contributed by atoms with van der Waals surface area (Å²) in [4.78, 5) is 11.9. The van der Waals surface area contributed by atoms with E-state index in [9.17, 15) is 80.9 Å². The minimum absolute atomic E-state index is 0.00523. The van der Waals surface area contributed by atoms with Crippen LogP contribution in [0.5, 0.6) is 0 Å². The second-order valence-corrected chi connectivity index (χ2v) is 15.2. The van der Waals surface area contributed by atoms with E-state index < -0.39 is 78.1 Å². The van der Waals surface area contributed by atoms with Crippen molar-refractivity contribution in [3.63, 3.8) is 0 Å². The van der Waals surface area contributed by atoms with Gasteiger partial charge in [0.25, 0.3) is 0 Å². The molecule has 0 spiro atoms. The Morgan fingerprint density at radius 2 is 1.26 bits per heavy atom. The van der Waals surface area contributed by atoms with Crippen LogP contribution in [0.4, 0.5) is 65.9 Å². The van der Waals surface area contributed by atoms with Crippen molar-refractivity contribution < 1.29 is 85.6 Å². The molecule has 4 aliphatic carbocycles. The number of halogens is 15. The van der Waals surface area contributed by atoms with Gasteiger partial charge in [-0.2, -0.15) is 65.9 Å². The summed E-state index contributed by atoms with van der Waals surface area (Å²) >= 11 is 0. The number of hydrogen-bond acceptors (Lipinski definition) is 4. The van der Waals surface area contributed by atoms with E-state index >= 15 is 0 Å². The summed E-state index contributed by atoms with van der Waals surface area (Å²) in [7, 11) is 0. The van der Waals surface area contributed by atoms with E-state index in [2.05, 4.69) is 11.7 Å². The van der Waals surface area contributed by atoms with Crippen molar-refractivity contribution in [1.29, 1.82) is 0 Å². The van der Waals surface area contributed by atoms with E-state index in [4.69, 9.17) is 0 Å². The zero-order valence-electron chi connectivity index (χ0n) is 27.1. The Hall–Kier alpha value is -1.66. The summed E-state index contributed by atoms with van der Waals surface area (Å²) in [6.07, 6.45) is -3.96. The average Bonchev–Trinajstić information content (AvgIpc) is 3.35. The molecule has 0 aromatic carbocycles. The van der Waals surface area contributed by atoms with E-state index in [1.165, 1.54) is 0 Å². The van der Waals surface area contributed by atoms with Gasteiger partial charge in [-0.3, -0.25) is 0 Å². The van der Waals surface area contributed by atoms with Crippen LogP contribution in [0.15, 0.2) is 0 Å². The maximum Gasteiger partial charge on any atom is 0.460 e. The molecule has 4 fully saturated rings. The summed E-state index contributed by atoms with van der Waals surface area (Å²) in [6.45, 7) is 4.36. The Morgan fingerprint density at radius 1 is 0.720 bits per heavy atom. The number of fused-ring (bicyclic) bond motifs is 5. The molecule has 0 aliphatic heterocycles. The first kappa shape index (κ1) is 41.1. The highest BCUT2D eigenvalue weighted by molar-refractivity contribution is 5.79. The maximum atomic E-state index is 14.3. The van der Waals surface area contributed by atoms with E-state index in [-0.39, 0.29) is 41.1 Å². The standard InChI is InChI=1S/C31H39F15O4/c1-14(18-6-7-19-17-5-4-15-12-16(47)8-10-23(15,2)20(17)13-21(48)24(18,19)3)9-11-50-22(49)25(32,33)26(34,35)27(36,37)28(38,39)29(40,41)30(42,43)31(44,45)46/h14-21,47-48H,4-13H2,1-3H3/t14-,15-,16-,17+,18-,19+,20+,21+,23+,24-/m1/s1. The zero-order chi connectivity index (χ0) is 38.5. The minimum atomic E-state index is -8.48. The van der Waals surface area contributed by atoms with Gasteiger partial charge in [0.1, 0.15) is 0 Å². The van der Waals surface area contributed by atoms with Gasteiger partial charge in [0, 0.05) is 0 Å². The van der Waals surface area contributed by atoms with Gasteiger partial charge in [-0.1, -0.05) is 20.8 Å². The molecule has 2 N–H and O–H groups in total. The molecule has 4 saturated carbocycles. The molecule has 0 aromatic heterocycles. The molecule has 50 heavy (non-hydrogen) atoms. The highest BCUT2D eigenvalue weighted by Gasteiger charge is 2.94. The van der Waals surface area contributed by atoms with E-state index in [1.807, 2.05) is 6.92 Å². The van der Waals surface area contributed by atoms with Gasteiger partial charge in [0.05, 0.1) is 18.8 Å². The lowest BCUT2D eigenvalue weighted by Gasteiger charge is -2.62. The molecule has 0 aromatic rings. The quantitative estimate of drug-likeness (QED) is 0.173. The topological polar surface area (TPSA) is 66.8 Å². The third-order valence-electron chi connectivity index (χ3n) is 12.9. The molecule has 4 nitrogen and oxygen atoms in total. The Labute approximate surface area is 277 Å². The molecular formula is C31H39F15O4. The Bertz CT molecular complexity index is 1270. The summed E-state index contributed by atoms with van der Waals surface area (Å²) in [5.41, 5.74) is -0.845. The second kappa shape index (κ2) is 12.5. The highest BCUT2D eigenvalue weighted by Crippen LogP contribution is 2.69. The number of ether oxygens (including phenoxy) is 1. The van der Waals surface area contributed by atoms with Crippen LogP contribution >= 0.6 is 0 Å². The Balaban J connectivity index is 1.44. The first-order chi connectivity index (χ1) is 22.4. The van der Waals surface area contributed by atoms with Gasteiger partial charge in [-0.05, 0) is 104 Å². The molecule has 0 radical (unpaired) electrons. The first-order valence-corrected chi connectivity index (χ1v) is 16.3. The lowest BCUT2D eigenvalue weighted by atomic mass is 9.43. The summed E-state index contributed by atoms with van der Waals surface area (Å²) < 4.78 is 206. The van der Waals surface area contributed by atoms with Gasteiger partial charge in [-0.15, -0.1) is 0 Å². The number of rotatable bonds is 10. The van der Waals surface area contributed by atoms with Crippen molar-refractivity contribution in [2.24, 2.45) is 46.3 Å². The molecule has 0 saturated heterocycles. The van der Waals surface area contributed by atoms with Gasteiger partial charge in [-0.25, -0.2) is 4.79 Å². The fourth-order valence-corrected chi connectivity index (χ4v) is 9.88. The molecule has 292 valence electrons. The fourth-order valence-electron chi connectivity index (χ4n) is 9.88. The zero-order valence-corrected chi connectivity index (χ0v) is 27.1. The van der Waals surface area contributed by atoms with Gasteiger partial charge in [0.2, 0.25) is 0 Å². The lowest BCUT2D eigenvalue weighted by molar-refractivity contribution is -0.450. The molecule has 19 heteroatoms. The van der Waals surface area contributed by atoms with Crippen LogP contribution < -0.4 is 0 Å². The molecule has 0 bridgehead atoms. The smallest absolute Gasteiger partial charge is 0.460 e. The number of aliphatic hydroxyl groups excluding tert-OH is 2. The van der Waals surface area contributed by atoms with Crippen molar-refractivity contribution in [2.45, 2.75) is 132 Å². The second-order valence-electron chi connectivity index (χ2n) is 15.2. The molecule has 4 rings (SSSR count). The average molecular weight is 761 g/mol. The monoisotopic (exact) mass is 760 g/mol. The Kier molecular flexibility index (Phi) is 10.2. The van der Waals surface area contributed by atoms with Gasteiger partial charge < -0.3 is 14.9 Å². The van der Waals surface area contributed by atoms with Crippen LogP contribution in [0.2, 0.25) is 0 Å². The number of aliphatic hydroxyl groups is 2. The van der Waals surface area contributed by atoms with Crippen molar-refractivity contribution >= 4 is 5.97 Å². The number of esters is 1. The summed E-state index contributed by atoms with van der Waals surface area (Å²) in [5, 5.41) is 21.8. The summed E-state index contributed by atoms with van der Waals surface area (Å²) in [6, 6.07) is 0. The molecule has 10 atom stereocenters. The predicted octanol–water partition coefficient (Wildman–Crippen LogP) is 8.92. The molecule has 4 aliphatic rings. The van der Waals surface area contributed by atoms with Gasteiger partial charge in [0.15, 0.2) is 0 Å². The number of carbonyl (C=O) groups excluding carboxylic acids is 1. The lowest BCUT2D eigenvalue weighted by Crippen LogP contribution is -2.73. The van der Waals surface area contributed by atoms with Crippen LogP contribution in [0.25, 0.3) is 0 Å². The van der Waals surface area contributed by atoms with E-state index in [0.29, 0.717) is 32.1 Å². The van der Waals surface area contributed by atoms with Crippen molar-refractivity contribution in [1.82, 2.24) is 0 Å². The minimum Gasteiger partial charge on any atom is -0.461 e. The fraction of sp³-hybridized carbons (Fsp3) is 0.968. The normalized spacial score (nSPS) is 36.7. The number of hydrogen-bond donors (Lipinski definition) is 2. The van der Waals surface area contributed by atoms with Crippen molar-refractivity contribution in [3.05, 3.63) is 0 Å². The van der Waals surface area contributed by atoms with E-state index in [1.54, 1.807) is 6.92 Å². The third kappa shape index (κ3) is 5.61. The number of alkyl halides is 15. The third-order valence-corrected chi connectivity index (χ3v) is 12.9. The van der Waals surface area contributed by atoms with Crippen LogP contribution in [0.1, 0.15) is 78.6 Å². The van der Waals surface area contributed by atoms with Gasteiger partial charge >= 0.3 is 47.7 Å². The Morgan fingerprint density at radius 3 is 1.82 bits per heavy atom. The molecule has 0 unspecified atom stereocenters. The van der Waals surface area contributed by atoms with Crippen LogP contribution in [0.3, 0.4) is 0 Å². The van der Waals surface area contributed by atoms with Crippen molar-refractivity contribution in [2.75, 3.05) is 6.61 Å². The van der Waals surface area contributed by atoms with E-state index in [0.717, 1.165) is 19.3 Å². The maximum absolute atomic E-state index is 14.3. The summed E-state index contributed by atoms with van der Waals surface area (Å²) in [5.74, 6) is -52.4. The number of carbonyl (C=O) groups is 1.